The normalized spacial score (nSPS) is 21.5. The molecule has 0 spiro atoms. The fraction of sp³-hybridized carbons (Fsp3) is 0.375. The molecule has 0 amide bonds. The zero-order chi connectivity index (χ0) is 25.4. The summed E-state index contributed by atoms with van der Waals surface area (Å²) < 4.78 is 26.9. The molecule has 2 aromatic heterocycles. The van der Waals surface area contributed by atoms with E-state index in [4.69, 9.17) is 20.9 Å². The largest absolute Gasteiger partial charge is 0.367 e. The summed E-state index contributed by atoms with van der Waals surface area (Å²) in [4.78, 5) is 23.7. The number of thioether (sulfide) groups is 1. The first-order valence-corrected chi connectivity index (χ1v) is 15.2. The maximum atomic E-state index is 13.6. The van der Waals surface area contributed by atoms with E-state index < -0.39 is 10.3 Å². The minimum Gasteiger partial charge on any atom is -0.367 e. The van der Waals surface area contributed by atoms with Crippen LogP contribution in [0.25, 0.3) is 0 Å². The third-order valence-corrected chi connectivity index (χ3v) is 9.65. The predicted octanol–water partition coefficient (Wildman–Crippen LogP) is 4.87. The predicted molar refractivity (Wildman–Crippen MR) is 143 cm³/mol. The van der Waals surface area contributed by atoms with Gasteiger partial charge in [0.15, 0.2) is 0 Å². The lowest BCUT2D eigenvalue weighted by atomic mass is 10.00. The van der Waals surface area contributed by atoms with Crippen LogP contribution in [0.1, 0.15) is 61.3 Å². The van der Waals surface area contributed by atoms with Gasteiger partial charge in [-0.1, -0.05) is 17.7 Å². The number of thiophene rings is 1. The Hall–Kier alpha value is -2.02. The molecule has 1 aromatic carbocycles. The van der Waals surface area contributed by atoms with Crippen molar-refractivity contribution in [3.05, 3.63) is 73.8 Å². The zero-order valence-electron chi connectivity index (χ0n) is 19.4. The Bertz CT molecular complexity index is 1410. The molecular weight excluding hydrogens is 540 g/mol. The first-order valence-electron chi connectivity index (χ1n) is 11.5. The van der Waals surface area contributed by atoms with Gasteiger partial charge in [-0.2, -0.15) is 8.42 Å². The lowest BCUT2D eigenvalue weighted by Gasteiger charge is -2.15. The van der Waals surface area contributed by atoms with E-state index in [1.165, 1.54) is 28.8 Å². The topological polar surface area (TPSA) is 124 Å². The van der Waals surface area contributed by atoms with Gasteiger partial charge in [-0.15, -0.1) is 23.1 Å². The molecule has 3 aromatic rings. The highest BCUT2D eigenvalue weighted by Crippen LogP contribution is 2.49. The van der Waals surface area contributed by atoms with Crippen LogP contribution in [-0.2, 0) is 20.2 Å². The number of nitrogens with zero attached hydrogens (tertiary/aromatic N) is 2. The number of nitrogens with one attached hydrogen (secondary N) is 1. The summed E-state index contributed by atoms with van der Waals surface area (Å²) in [5, 5.41) is 9.16. The molecule has 36 heavy (non-hydrogen) atoms. The number of carbonyl (C=O) groups excluding carboxylic acids is 1. The van der Waals surface area contributed by atoms with Gasteiger partial charge in [-0.05, 0) is 67.0 Å². The van der Waals surface area contributed by atoms with Gasteiger partial charge < -0.3 is 5.32 Å². The van der Waals surface area contributed by atoms with Gasteiger partial charge in [0.1, 0.15) is 12.1 Å². The summed E-state index contributed by atoms with van der Waals surface area (Å²) in [6, 6.07) is 8.05. The number of hydrogen-bond acceptors (Lipinski definition) is 9. The Morgan fingerprint density at radius 3 is 2.92 bits per heavy atom. The number of nitrogens with two attached hydrogens (primary N) is 1. The SMILES string of the molecule is Cc1sc(C(=O)c2cncnc2NC2CC[C@@H](COS(N)(=O)=O)C2)cc1C1SCc2ccc(Cl)cc21. The van der Waals surface area contributed by atoms with E-state index in [0.717, 1.165) is 29.0 Å². The van der Waals surface area contributed by atoms with Crippen LogP contribution in [-0.4, -0.2) is 36.8 Å². The number of aryl methyl sites for hydroxylation is 1. The van der Waals surface area contributed by atoms with Crippen LogP contribution in [0, 0.1) is 12.8 Å². The molecule has 1 fully saturated rings. The number of fused-ring (bicyclic) bond motifs is 1. The third kappa shape index (κ3) is 5.61. The average molecular weight is 565 g/mol. The second-order valence-electron chi connectivity index (χ2n) is 9.07. The van der Waals surface area contributed by atoms with E-state index in [2.05, 4.69) is 21.4 Å². The van der Waals surface area contributed by atoms with Crippen molar-refractivity contribution < 1.29 is 17.4 Å². The highest BCUT2D eigenvalue weighted by molar-refractivity contribution is 7.99. The van der Waals surface area contributed by atoms with E-state index in [-0.39, 0.29) is 29.6 Å². The average Bonchev–Trinajstić information content (AvgIpc) is 3.55. The van der Waals surface area contributed by atoms with Crippen LogP contribution in [0.3, 0.4) is 0 Å². The Morgan fingerprint density at radius 2 is 2.11 bits per heavy atom. The summed E-state index contributed by atoms with van der Waals surface area (Å²) in [6.07, 6.45) is 5.24. The van der Waals surface area contributed by atoms with Crippen molar-refractivity contribution in [3.63, 3.8) is 0 Å². The molecule has 0 radical (unpaired) electrons. The second kappa shape index (κ2) is 10.4. The lowest BCUT2D eigenvalue weighted by molar-refractivity contribution is 0.104. The molecule has 2 aliphatic rings. The summed E-state index contributed by atoms with van der Waals surface area (Å²) >= 11 is 9.59. The van der Waals surface area contributed by atoms with Crippen LogP contribution in [0.2, 0.25) is 5.02 Å². The Morgan fingerprint density at radius 1 is 1.28 bits per heavy atom. The van der Waals surface area contributed by atoms with Crippen molar-refractivity contribution in [3.8, 4) is 0 Å². The Balaban J connectivity index is 1.33. The van der Waals surface area contributed by atoms with Crippen molar-refractivity contribution in [2.75, 3.05) is 11.9 Å². The zero-order valence-corrected chi connectivity index (χ0v) is 22.6. The monoisotopic (exact) mass is 564 g/mol. The fourth-order valence-corrected chi connectivity index (χ4v) is 7.90. The van der Waals surface area contributed by atoms with Gasteiger partial charge in [0, 0.05) is 27.9 Å². The van der Waals surface area contributed by atoms with Crippen molar-refractivity contribution in [1.29, 1.82) is 0 Å². The number of halogens is 1. The van der Waals surface area contributed by atoms with E-state index in [9.17, 15) is 13.2 Å². The fourth-order valence-electron chi connectivity index (χ4n) is 4.82. The van der Waals surface area contributed by atoms with Crippen molar-refractivity contribution in [1.82, 2.24) is 9.97 Å². The molecule has 1 aliphatic heterocycles. The lowest BCUT2D eigenvalue weighted by Crippen LogP contribution is -2.22. The molecule has 0 saturated heterocycles. The summed E-state index contributed by atoms with van der Waals surface area (Å²) in [7, 11) is -3.96. The molecule has 1 saturated carbocycles. The van der Waals surface area contributed by atoms with E-state index in [1.807, 2.05) is 36.9 Å². The molecule has 3 N–H and O–H groups in total. The Labute approximate surface area is 223 Å². The number of ketones is 1. The molecular formula is C24H25ClN4O4S3. The van der Waals surface area contributed by atoms with Crippen LogP contribution in [0.5, 0.6) is 0 Å². The number of carbonyl (C=O) groups is 1. The van der Waals surface area contributed by atoms with Gasteiger partial charge in [-0.3, -0.25) is 8.98 Å². The van der Waals surface area contributed by atoms with Gasteiger partial charge in [0.2, 0.25) is 5.78 Å². The Kier molecular flexibility index (Phi) is 7.39. The molecule has 3 heterocycles. The quantitative estimate of drug-likeness (QED) is 0.371. The van der Waals surface area contributed by atoms with Gasteiger partial charge in [0.25, 0.3) is 0 Å². The standard InChI is InChI=1S/C24H25ClN4O4S3/c1-13-18(23-19-7-16(25)4-3-15(19)11-34-23)8-21(35-13)22(30)20-9-27-12-28-24(20)29-17-5-2-14(6-17)10-33-36(26,31)32/h3-4,7-9,12,14,17,23H,2,5-6,10-11H2,1H3,(H2,26,31,32)(H,27,28,29)/t14-,17?,23?/m1/s1. The van der Waals surface area contributed by atoms with Crippen LogP contribution in [0.4, 0.5) is 5.82 Å². The first kappa shape index (κ1) is 25.6. The van der Waals surface area contributed by atoms with Crippen LogP contribution < -0.4 is 10.5 Å². The van der Waals surface area contributed by atoms with Crippen molar-refractivity contribution in [2.45, 2.75) is 43.2 Å². The molecule has 0 bridgehead atoms. The minimum absolute atomic E-state index is 0.0392. The highest BCUT2D eigenvalue weighted by atomic mass is 35.5. The number of benzene rings is 1. The van der Waals surface area contributed by atoms with Crippen molar-refractivity contribution in [2.24, 2.45) is 11.1 Å². The summed E-state index contributed by atoms with van der Waals surface area (Å²) in [5.74, 6) is 1.33. The van der Waals surface area contributed by atoms with Gasteiger partial charge >= 0.3 is 10.3 Å². The molecule has 8 nitrogen and oxygen atoms in total. The molecule has 3 atom stereocenters. The number of anilines is 1. The number of hydrogen-bond donors (Lipinski definition) is 2. The van der Waals surface area contributed by atoms with Crippen molar-refractivity contribution >= 4 is 56.6 Å². The molecule has 12 heteroatoms. The molecule has 190 valence electrons. The second-order valence-corrected chi connectivity index (χ2v) is 13.1. The van der Waals surface area contributed by atoms with E-state index >= 15 is 0 Å². The molecule has 2 unspecified atom stereocenters. The summed E-state index contributed by atoms with van der Waals surface area (Å²) in [6.45, 7) is 2.10. The van der Waals surface area contributed by atoms with Gasteiger partial charge in [-0.25, -0.2) is 15.1 Å². The summed E-state index contributed by atoms with van der Waals surface area (Å²) in [5.41, 5.74) is 4.03. The molecule has 5 rings (SSSR count). The third-order valence-electron chi connectivity index (χ3n) is 6.57. The smallest absolute Gasteiger partial charge is 0.333 e. The highest BCUT2D eigenvalue weighted by Gasteiger charge is 2.30. The number of aromatic nitrogens is 2. The van der Waals surface area contributed by atoms with Crippen LogP contribution >= 0.6 is 34.7 Å². The molecule has 1 aliphatic carbocycles. The van der Waals surface area contributed by atoms with E-state index in [0.29, 0.717) is 27.7 Å². The maximum Gasteiger partial charge on any atom is 0.333 e. The minimum atomic E-state index is -3.96. The maximum absolute atomic E-state index is 13.6. The van der Waals surface area contributed by atoms with Gasteiger partial charge in [0.05, 0.1) is 22.3 Å². The van der Waals surface area contributed by atoms with Crippen LogP contribution in [0.15, 0.2) is 36.8 Å². The first-order chi connectivity index (χ1) is 17.2. The van der Waals surface area contributed by atoms with E-state index in [1.54, 1.807) is 6.20 Å². The number of rotatable bonds is 8.